The topological polar surface area (TPSA) is 60.3 Å². The van der Waals surface area contributed by atoms with Crippen LogP contribution in [0.25, 0.3) is 0 Å². The van der Waals surface area contributed by atoms with Crippen LogP contribution in [-0.4, -0.2) is 34.7 Å². The third-order valence-electron chi connectivity index (χ3n) is 5.21. The summed E-state index contributed by atoms with van der Waals surface area (Å²) < 4.78 is 13.3. The first kappa shape index (κ1) is 24.9. The summed E-state index contributed by atoms with van der Waals surface area (Å²) in [4.78, 5) is 0. The second kappa shape index (κ2) is 11.9. The van der Waals surface area contributed by atoms with Gasteiger partial charge in [-0.3, -0.25) is 4.68 Å². The van der Waals surface area contributed by atoms with Gasteiger partial charge in [-0.05, 0) is 75.7 Å². The van der Waals surface area contributed by atoms with E-state index < -0.39 is 0 Å². The molecule has 176 valence electrons. The Morgan fingerprint density at radius 1 is 1.06 bits per heavy atom. The van der Waals surface area contributed by atoms with E-state index >= 15 is 0 Å². The van der Waals surface area contributed by atoms with E-state index in [9.17, 15) is 0 Å². The molecule has 3 aromatic rings. The summed E-state index contributed by atoms with van der Waals surface area (Å²) in [5.74, 6) is 1.54. The van der Waals surface area contributed by atoms with Gasteiger partial charge in [0.05, 0.1) is 36.8 Å². The van der Waals surface area contributed by atoms with Crippen LogP contribution in [0, 0.1) is 13.8 Å². The summed E-state index contributed by atoms with van der Waals surface area (Å²) in [5, 5.41) is 12.5. The van der Waals surface area contributed by atoms with Gasteiger partial charge in [0, 0.05) is 11.6 Å². The Kier molecular flexibility index (Phi) is 8.97. The number of aryl methyl sites for hydroxylation is 1. The number of ether oxygens (including phenoxy) is 2. The normalized spacial score (nSPS) is 10.7. The van der Waals surface area contributed by atoms with Crippen molar-refractivity contribution in [1.29, 1.82) is 0 Å². The van der Waals surface area contributed by atoms with Crippen molar-refractivity contribution in [3.05, 3.63) is 70.0 Å². The van der Waals surface area contributed by atoms with Gasteiger partial charge in [-0.2, -0.15) is 5.10 Å². The number of hydrogen-bond acceptors (Lipinski definition) is 4. The minimum atomic E-state index is 0.564. The van der Waals surface area contributed by atoms with E-state index in [1.807, 2.05) is 68.8 Å². The highest BCUT2D eigenvalue weighted by Gasteiger charge is 2.14. The highest BCUT2D eigenvalue weighted by atomic mass is 35.5. The molecule has 33 heavy (non-hydrogen) atoms. The lowest BCUT2D eigenvalue weighted by Crippen LogP contribution is -2.30. The van der Waals surface area contributed by atoms with E-state index in [4.69, 9.17) is 33.3 Å². The molecule has 0 aliphatic carbocycles. The van der Waals surface area contributed by atoms with E-state index in [1.165, 1.54) is 0 Å². The summed E-state index contributed by atoms with van der Waals surface area (Å²) in [6, 6.07) is 13.8. The number of anilines is 1. The lowest BCUT2D eigenvalue weighted by molar-refractivity contribution is 0.287. The minimum absolute atomic E-state index is 0.564. The molecule has 0 atom stereocenters. The number of thiocarbonyl (C=S) groups is 1. The van der Waals surface area contributed by atoms with Crippen LogP contribution in [0.15, 0.2) is 42.5 Å². The highest BCUT2D eigenvalue weighted by Crippen LogP contribution is 2.28. The Labute approximate surface area is 206 Å². The zero-order valence-electron chi connectivity index (χ0n) is 19.6. The molecule has 1 heterocycles. The number of nitrogens with zero attached hydrogens (tertiary/aromatic N) is 2. The second-order valence-electron chi connectivity index (χ2n) is 7.57. The Hall–Kier alpha value is -2.77. The van der Waals surface area contributed by atoms with Crippen LogP contribution in [0.5, 0.6) is 11.5 Å². The van der Waals surface area contributed by atoms with Crippen LogP contribution in [0.3, 0.4) is 0 Å². The number of benzene rings is 2. The molecule has 0 saturated carbocycles. The maximum absolute atomic E-state index is 6.31. The summed E-state index contributed by atoms with van der Waals surface area (Å²) in [6.07, 6.45) is 0.804. The molecule has 0 unspecified atom stereocenters. The van der Waals surface area contributed by atoms with Gasteiger partial charge in [0.1, 0.15) is 0 Å². The maximum atomic E-state index is 6.31. The van der Waals surface area contributed by atoms with Gasteiger partial charge in [0.25, 0.3) is 0 Å². The Morgan fingerprint density at radius 2 is 1.79 bits per heavy atom. The van der Waals surface area contributed by atoms with Crippen LogP contribution in [0.1, 0.15) is 36.4 Å². The summed E-state index contributed by atoms with van der Waals surface area (Å²) in [6.45, 7) is 10.4. The number of aromatic nitrogens is 2. The van der Waals surface area contributed by atoms with E-state index in [0.29, 0.717) is 31.4 Å². The fourth-order valence-corrected chi connectivity index (χ4v) is 3.95. The lowest BCUT2D eigenvalue weighted by Gasteiger charge is -2.14. The lowest BCUT2D eigenvalue weighted by atomic mass is 10.1. The fraction of sp³-hybridized carbons (Fsp3) is 0.360. The van der Waals surface area contributed by atoms with Gasteiger partial charge in [-0.25, -0.2) is 0 Å². The zero-order chi connectivity index (χ0) is 23.8. The monoisotopic (exact) mass is 486 g/mol. The number of rotatable bonds is 10. The summed E-state index contributed by atoms with van der Waals surface area (Å²) in [7, 11) is 0. The molecule has 6 nitrogen and oxygen atoms in total. The molecule has 1 aromatic heterocycles. The van der Waals surface area contributed by atoms with E-state index in [1.54, 1.807) is 0 Å². The van der Waals surface area contributed by atoms with Gasteiger partial charge in [0.2, 0.25) is 0 Å². The van der Waals surface area contributed by atoms with E-state index in [-0.39, 0.29) is 0 Å². The number of nitrogens with one attached hydrogen (secondary N) is 2. The molecule has 3 rings (SSSR count). The van der Waals surface area contributed by atoms with Crippen molar-refractivity contribution >= 4 is 34.6 Å². The molecule has 0 spiro atoms. The van der Waals surface area contributed by atoms with Crippen LogP contribution in [0.4, 0.5) is 5.69 Å². The fourth-order valence-electron chi connectivity index (χ4n) is 3.55. The molecule has 0 aliphatic rings. The van der Waals surface area contributed by atoms with Crippen LogP contribution in [-0.2, 0) is 13.0 Å². The summed E-state index contributed by atoms with van der Waals surface area (Å²) in [5.41, 5.74) is 4.98. The van der Waals surface area contributed by atoms with E-state index in [0.717, 1.165) is 51.1 Å². The standard InChI is InChI=1S/C25H31ClN4O2S/c1-5-31-22-12-11-19(15-23(22)32-6-2)13-14-27-25(33)28-24-17(3)29-30(18(24)4)16-20-9-7-8-10-21(20)26/h7-12,15H,5-6,13-14,16H2,1-4H3,(H2,27,28,33). The first-order valence-electron chi connectivity index (χ1n) is 11.1. The van der Waals surface area contributed by atoms with Gasteiger partial charge >= 0.3 is 0 Å². The van der Waals surface area contributed by atoms with Crippen molar-refractivity contribution in [1.82, 2.24) is 15.1 Å². The molecule has 0 saturated heterocycles. The van der Waals surface area contributed by atoms with Crippen molar-refractivity contribution in [3.8, 4) is 11.5 Å². The third kappa shape index (κ3) is 6.62. The van der Waals surface area contributed by atoms with Gasteiger partial charge in [-0.1, -0.05) is 35.9 Å². The minimum Gasteiger partial charge on any atom is -0.490 e. The van der Waals surface area contributed by atoms with Crippen LogP contribution < -0.4 is 20.1 Å². The largest absolute Gasteiger partial charge is 0.490 e. The molecule has 0 amide bonds. The van der Waals surface area contributed by atoms with Crippen molar-refractivity contribution in [2.45, 2.75) is 40.7 Å². The van der Waals surface area contributed by atoms with Crippen molar-refractivity contribution in [3.63, 3.8) is 0 Å². The molecule has 2 aromatic carbocycles. The average Bonchev–Trinajstić information content (AvgIpc) is 3.04. The Bertz CT molecular complexity index is 1100. The first-order valence-corrected chi connectivity index (χ1v) is 11.9. The third-order valence-corrected chi connectivity index (χ3v) is 5.82. The SMILES string of the molecule is CCOc1ccc(CCNC(=S)Nc2c(C)nn(Cc3ccccc3Cl)c2C)cc1OCC. The molecule has 0 fully saturated rings. The van der Waals surface area contributed by atoms with E-state index in [2.05, 4.69) is 21.8 Å². The molecule has 8 heteroatoms. The predicted molar refractivity (Wildman–Crippen MR) is 139 cm³/mol. The van der Waals surface area contributed by atoms with Crippen molar-refractivity contribution < 1.29 is 9.47 Å². The number of halogens is 1. The van der Waals surface area contributed by atoms with Crippen molar-refractivity contribution in [2.24, 2.45) is 0 Å². The quantitative estimate of drug-likeness (QED) is 0.367. The Balaban J connectivity index is 1.58. The van der Waals surface area contributed by atoms with Gasteiger partial charge in [-0.15, -0.1) is 0 Å². The predicted octanol–water partition coefficient (Wildman–Crippen LogP) is 5.53. The van der Waals surface area contributed by atoms with Gasteiger partial charge in [0.15, 0.2) is 16.6 Å². The highest BCUT2D eigenvalue weighted by molar-refractivity contribution is 7.80. The van der Waals surface area contributed by atoms with Crippen LogP contribution >= 0.6 is 23.8 Å². The molecule has 0 bridgehead atoms. The molecule has 0 radical (unpaired) electrons. The van der Waals surface area contributed by atoms with Crippen molar-refractivity contribution in [2.75, 3.05) is 25.1 Å². The van der Waals surface area contributed by atoms with Crippen LogP contribution in [0.2, 0.25) is 5.02 Å². The molecular weight excluding hydrogens is 456 g/mol. The smallest absolute Gasteiger partial charge is 0.170 e. The first-order chi connectivity index (χ1) is 15.9. The second-order valence-corrected chi connectivity index (χ2v) is 8.39. The maximum Gasteiger partial charge on any atom is 0.170 e. The van der Waals surface area contributed by atoms with Gasteiger partial charge < -0.3 is 20.1 Å². The molecule has 2 N–H and O–H groups in total. The summed E-state index contributed by atoms with van der Waals surface area (Å²) >= 11 is 11.8. The molecule has 0 aliphatic heterocycles. The zero-order valence-corrected chi connectivity index (χ0v) is 21.1. The Morgan fingerprint density at radius 3 is 2.52 bits per heavy atom. The number of hydrogen-bond donors (Lipinski definition) is 2. The average molecular weight is 487 g/mol. The molecular formula is C25H31ClN4O2S.